The van der Waals surface area contributed by atoms with E-state index in [0.717, 1.165) is 11.1 Å². The molecule has 0 aliphatic heterocycles. The summed E-state index contributed by atoms with van der Waals surface area (Å²) < 4.78 is 12.8. The molecule has 0 aromatic heterocycles. The normalized spacial score (nSPS) is 11.8. The molecule has 0 radical (unpaired) electrons. The van der Waals surface area contributed by atoms with Crippen LogP contribution < -0.4 is 5.32 Å². The molecule has 0 fully saturated rings. The van der Waals surface area contributed by atoms with Crippen molar-refractivity contribution in [1.82, 2.24) is 5.32 Å². The molecule has 24 heavy (non-hydrogen) atoms. The Kier molecular flexibility index (Phi) is 6.21. The molecular formula is C19H20FNO3. The summed E-state index contributed by atoms with van der Waals surface area (Å²) >= 11 is 0. The second-order valence-corrected chi connectivity index (χ2v) is 5.61. The van der Waals surface area contributed by atoms with Crippen LogP contribution in [-0.4, -0.2) is 23.3 Å². The van der Waals surface area contributed by atoms with E-state index < -0.39 is 11.9 Å². The van der Waals surface area contributed by atoms with E-state index in [1.165, 1.54) is 24.3 Å². The quantitative estimate of drug-likeness (QED) is 0.768. The molecule has 126 valence electrons. The van der Waals surface area contributed by atoms with Crippen molar-refractivity contribution in [2.75, 3.05) is 6.54 Å². The Hall–Kier alpha value is -2.53. The third-order valence-corrected chi connectivity index (χ3v) is 3.79. The number of Topliss-reactive ketones (excluding diaryl/α,β-unsaturated/α-hetero) is 1. The molecule has 2 rings (SSSR count). The molecule has 1 atom stereocenters. The van der Waals surface area contributed by atoms with Gasteiger partial charge in [-0.05, 0) is 42.3 Å². The van der Waals surface area contributed by atoms with Crippen molar-refractivity contribution in [1.29, 1.82) is 0 Å². The van der Waals surface area contributed by atoms with Gasteiger partial charge in [0, 0.05) is 24.9 Å². The van der Waals surface area contributed by atoms with Gasteiger partial charge in [0.25, 0.3) is 0 Å². The molecule has 0 spiro atoms. The first kappa shape index (κ1) is 17.8. The van der Waals surface area contributed by atoms with Crippen LogP contribution in [0.1, 0.15) is 40.4 Å². The molecule has 0 saturated heterocycles. The molecule has 2 aromatic rings. The van der Waals surface area contributed by atoms with E-state index in [1.807, 2.05) is 31.2 Å². The summed E-state index contributed by atoms with van der Waals surface area (Å²) in [6.45, 7) is 1.98. The first-order valence-corrected chi connectivity index (χ1v) is 7.76. The third-order valence-electron chi connectivity index (χ3n) is 3.79. The standard InChI is InChI=1S/C19H20FNO3/c1-13-4-2-3-5-16(13)18(23)12-21-19(24)11-10-17(22)14-6-8-15(20)9-7-14/h2-9,18,23H,10-12H2,1H3,(H,21,24). The fraction of sp³-hybridized carbons (Fsp3) is 0.263. The van der Waals surface area contributed by atoms with Crippen molar-refractivity contribution in [3.8, 4) is 0 Å². The molecule has 4 nitrogen and oxygen atoms in total. The SMILES string of the molecule is Cc1ccccc1C(O)CNC(=O)CCC(=O)c1ccc(F)cc1. The first-order valence-electron chi connectivity index (χ1n) is 7.76. The average molecular weight is 329 g/mol. The largest absolute Gasteiger partial charge is 0.387 e. The monoisotopic (exact) mass is 329 g/mol. The van der Waals surface area contributed by atoms with E-state index in [1.54, 1.807) is 0 Å². The second-order valence-electron chi connectivity index (χ2n) is 5.61. The van der Waals surface area contributed by atoms with Crippen LogP contribution in [0, 0.1) is 12.7 Å². The van der Waals surface area contributed by atoms with E-state index in [4.69, 9.17) is 0 Å². The van der Waals surface area contributed by atoms with Crippen molar-refractivity contribution in [3.05, 3.63) is 71.0 Å². The number of rotatable bonds is 7. The van der Waals surface area contributed by atoms with Gasteiger partial charge in [0.2, 0.25) is 5.91 Å². The highest BCUT2D eigenvalue weighted by Crippen LogP contribution is 2.16. The van der Waals surface area contributed by atoms with Crippen LogP contribution in [0.25, 0.3) is 0 Å². The summed E-state index contributed by atoms with van der Waals surface area (Å²) in [5, 5.41) is 12.7. The van der Waals surface area contributed by atoms with Crippen LogP contribution in [0.3, 0.4) is 0 Å². The Morgan fingerprint density at radius 2 is 1.75 bits per heavy atom. The second kappa shape index (κ2) is 8.36. The number of aryl methyl sites for hydroxylation is 1. The minimum atomic E-state index is -0.789. The number of hydrogen-bond acceptors (Lipinski definition) is 3. The third kappa shape index (κ3) is 4.99. The number of carbonyl (C=O) groups is 2. The fourth-order valence-electron chi connectivity index (χ4n) is 2.38. The van der Waals surface area contributed by atoms with Crippen LogP contribution >= 0.6 is 0 Å². The van der Waals surface area contributed by atoms with Gasteiger partial charge in [-0.2, -0.15) is 0 Å². The minimum Gasteiger partial charge on any atom is -0.387 e. The zero-order valence-corrected chi connectivity index (χ0v) is 13.5. The molecule has 0 aliphatic carbocycles. The molecule has 5 heteroatoms. The van der Waals surface area contributed by atoms with Crippen LogP contribution in [-0.2, 0) is 4.79 Å². The number of aliphatic hydroxyl groups excluding tert-OH is 1. The Bertz CT molecular complexity index is 713. The first-order chi connectivity index (χ1) is 11.5. The van der Waals surface area contributed by atoms with Gasteiger partial charge in [-0.15, -0.1) is 0 Å². The van der Waals surface area contributed by atoms with Crippen LogP contribution in [0.15, 0.2) is 48.5 Å². The highest BCUT2D eigenvalue weighted by atomic mass is 19.1. The number of amides is 1. The minimum absolute atomic E-state index is 0.0245. The topological polar surface area (TPSA) is 66.4 Å². The molecule has 0 bridgehead atoms. The smallest absolute Gasteiger partial charge is 0.220 e. The maximum Gasteiger partial charge on any atom is 0.220 e. The van der Waals surface area contributed by atoms with E-state index in [2.05, 4.69) is 5.32 Å². The molecule has 2 N–H and O–H groups in total. The number of nitrogens with one attached hydrogen (secondary N) is 1. The predicted octanol–water partition coefficient (Wildman–Crippen LogP) is 2.95. The zero-order chi connectivity index (χ0) is 17.5. The number of hydrogen-bond donors (Lipinski definition) is 2. The Morgan fingerprint density at radius 1 is 1.08 bits per heavy atom. The van der Waals surface area contributed by atoms with Gasteiger partial charge in [-0.1, -0.05) is 24.3 Å². The lowest BCUT2D eigenvalue weighted by Crippen LogP contribution is -2.28. The fourth-order valence-corrected chi connectivity index (χ4v) is 2.38. The average Bonchev–Trinajstić information content (AvgIpc) is 2.58. The van der Waals surface area contributed by atoms with Crippen LogP contribution in [0.2, 0.25) is 0 Å². The van der Waals surface area contributed by atoms with Gasteiger partial charge in [-0.3, -0.25) is 9.59 Å². The number of carbonyl (C=O) groups excluding carboxylic acids is 2. The van der Waals surface area contributed by atoms with E-state index in [9.17, 15) is 19.1 Å². The maximum absolute atomic E-state index is 12.8. The molecule has 2 aromatic carbocycles. The molecule has 1 amide bonds. The number of aliphatic hydroxyl groups is 1. The van der Waals surface area contributed by atoms with Crippen molar-refractivity contribution in [3.63, 3.8) is 0 Å². The van der Waals surface area contributed by atoms with Gasteiger partial charge in [-0.25, -0.2) is 4.39 Å². The summed E-state index contributed by atoms with van der Waals surface area (Å²) in [6, 6.07) is 12.6. The lowest BCUT2D eigenvalue weighted by Gasteiger charge is -2.14. The maximum atomic E-state index is 12.8. The van der Waals surface area contributed by atoms with Gasteiger partial charge >= 0.3 is 0 Å². The van der Waals surface area contributed by atoms with Crippen LogP contribution in [0.5, 0.6) is 0 Å². The number of ketones is 1. The Balaban J connectivity index is 1.78. The van der Waals surface area contributed by atoms with Crippen LogP contribution in [0.4, 0.5) is 4.39 Å². The zero-order valence-electron chi connectivity index (χ0n) is 13.5. The number of benzene rings is 2. The molecular weight excluding hydrogens is 309 g/mol. The van der Waals surface area contributed by atoms with Gasteiger partial charge in [0.1, 0.15) is 5.82 Å². The lowest BCUT2D eigenvalue weighted by molar-refractivity contribution is -0.121. The lowest BCUT2D eigenvalue weighted by atomic mass is 10.0. The Labute approximate surface area is 140 Å². The van der Waals surface area contributed by atoms with Gasteiger partial charge in [0.15, 0.2) is 5.78 Å². The highest BCUT2D eigenvalue weighted by molar-refractivity contribution is 5.97. The summed E-state index contributed by atoms with van der Waals surface area (Å²) in [6.07, 6.45) is -0.725. The van der Waals surface area contributed by atoms with Gasteiger partial charge in [0.05, 0.1) is 6.10 Å². The van der Waals surface area contributed by atoms with Crippen molar-refractivity contribution in [2.24, 2.45) is 0 Å². The van der Waals surface area contributed by atoms with Crippen molar-refractivity contribution < 1.29 is 19.1 Å². The summed E-state index contributed by atoms with van der Waals surface area (Å²) in [5.41, 5.74) is 2.09. The van der Waals surface area contributed by atoms with Crippen molar-refractivity contribution >= 4 is 11.7 Å². The molecule has 1 unspecified atom stereocenters. The van der Waals surface area contributed by atoms with E-state index in [0.29, 0.717) is 5.56 Å². The molecule has 0 saturated carbocycles. The number of halogens is 1. The van der Waals surface area contributed by atoms with Gasteiger partial charge < -0.3 is 10.4 Å². The van der Waals surface area contributed by atoms with E-state index >= 15 is 0 Å². The highest BCUT2D eigenvalue weighted by Gasteiger charge is 2.13. The summed E-state index contributed by atoms with van der Waals surface area (Å²) in [5.74, 6) is -0.933. The van der Waals surface area contributed by atoms with E-state index in [-0.39, 0.29) is 31.1 Å². The van der Waals surface area contributed by atoms with Crippen molar-refractivity contribution in [2.45, 2.75) is 25.9 Å². The predicted molar refractivity (Wildman–Crippen MR) is 89.1 cm³/mol. The Morgan fingerprint density at radius 3 is 2.42 bits per heavy atom. The molecule has 0 aliphatic rings. The summed E-state index contributed by atoms with van der Waals surface area (Å²) in [7, 11) is 0. The summed E-state index contributed by atoms with van der Waals surface area (Å²) in [4.78, 5) is 23.7. The molecule has 0 heterocycles.